The van der Waals surface area contributed by atoms with Crippen molar-refractivity contribution in [3.8, 4) is 11.8 Å². The molecule has 16 heteroatoms. The van der Waals surface area contributed by atoms with E-state index in [9.17, 15) is 29.6 Å². The Balaban J connectivity index is 1.69. The van der Waals surface area contributed by atoms with Crippen LogP contribution in [0.2, 0.25) is 0 Å². The fourth-order valence-corrected chi connectivity index (χ4v) is 5.56. The van der Waals surface area contributed by atoms with Crippen molar-refractivity contribution in [2.75, 3.05) is 12.3 Å². The van der Waals surface area contributed by atoms with Crippen molar-refractivity contribution < 1.29 is 42.9 Å². The third kappa shape index (κ3) is 5.76. The molecule has 3 aromatic rings. The lowest BCUT2D eigenvalue weighted by Crippen LogP contribution is -2.48. The number of aliphatic hydroxyl groups excluding tert-OH is 1. The summed E-state index contributed by atoms with van der Waals surface area (Å²) in [6, 6.07) is 11.4. The molecule has 0 amide bonds. The van der Waals surface area contributed by atoms with Crippen LogP contribution < -0.4 is 15.3 Å². The van der Waals surface area contributed by atoms with Gasteiger partial charge in [0.2, 0.25) is 5.60 Å². The molecule has 1 fully saturated rings. The van der Waals surface area contributed by atoms with E-state index in [4.69, 9.17) is 24.3 Å². The van der Waals surface area contributed by atoms with Gasteiger partial charge in [0.15, 0.2) is 11.9 Å². The van der Waals surface area contributed by atoms with Gasteiger partial charge in [0.25, 0.3) is 0 Å². The number of ether oxygens (including phenoxy) is 2. The van der Waals surface area contributed by atoms with E-state index in [0.717, 1.165) is 0 Å². The fourth-order valence-electron chi connectivity index (χ4n) is 4.03. The average molecular weight is 574 g/mol. The Hall–Kier alpha value is -4.06. The number of hydrogen-bond acceptors (Lipinski definition) is 12. The van der Waals surface area contributed by atoms with Gasteiger partial charge in [-0.3, -0.25) is 14.1 Å². The zero-order chi connectivity index (χ0) is 29.1. The largest absolute Gasteiger partial charge is 0.480 e. The molecular weight excluding hydrogens is 547 g/mol. The van der Waals surface area contributed by atoms with Crippen LogP contribution in [0.15, 0.2) is 48.8 Å². The summed E-state index contributed by atoms with van der Waals surface area (Å²) < 4.78 is 37.5. The first-order valence-electron chi connectivity index (χ1n) is 12.1. The lowest BCUT2D eigenvalue weighted by atomic mass is 9.96. The highest BCUT2D eigenvalue weighted by Crippen LogP contribution is 2.49. The van der Waals surface area contributed by atoms with E-state index < -0.39 is 56.2 Å². The molecule has 5 N–H and O–H groups in total. The van der Waals surface area contributed by atoms with Gasteiger partial charge in [-0.1, -0.05) is 25.1 Å². The molecule has 1 aromatic carbocycles. The van der Waals surface area contributed by atoms with Gasteiger partial charge >= 0.3 is 19.7 Å². The Bertz CT molecular complexity index is 1480. The van der Waals surface area contributed by atoms with Gasteiger partial charge in [-0.05, 0) is 31.2 Å². The second-order valence-electron chi connectivity index (χ2n) is 8.86. The molecule has 1 unspecified atom stereocenters. The first-order chi connectivity index (χ1) is 19.0. The van der Waals surface area contributed by atoms with Crippen LogP contribution in [0, 0.1) is 11.3 Å². The minimum atomic E-state index is -4.50. The Morgan fingerprint density at radius 2 is 2.05 bits per heavy atom. The molecule has 4 rings (SSSR count). The van der Waals surface area contributed by atoms with Gasteiger partial charge in [-0.25, -0.2) is 14.1 Å². The maximum absolute atomic E-state index is 13.7. The van der Waals surface area contributed by atoms with Crippen molar-refractivity contribution in [1.82, 2.24) is 19.7 Å². The summed E-state index contributed by atoms with van der Waals surface area (Å²) in [6.45, 7) is 1.88. The molecule has 2 aromatic heterocycles. The first kappa shape index (κ1) is 28.9. The quantitative estimate of drug-likeness (QED) is 0.189. The van der Waals surface area contributed by atoms with Crippen LogP contribution in [0.3, 0.4) is 0 Å². The lowest BCUT2D eigenvalue weighted by Gasteiger charge is -2.29. The summed E-state index contributed by atoms with van der Waals surface area (Å²) in [5, 5.41) is 37.3. The van der Waals surface area contributed by atoms with Crippen molar-refractivity contribution in [2.24, 2.45) is 0 Å². The van der Waals surface area contributed by atoms with E-state index in [1.54, 1.807) is 30.3 Å². The zero-order valence-corrected chi connectivity index (χ0v) is 22.3. The molecule has 6 atom stereocenters. The highest BCUT2D eigenvalue weighted by molar-refractivity contribution is 7.52. The van der Waals surface area contributed by atoms with Gasteiger partial charge in [0.1, 0.15) is 48.5 Å². The number of carbonyl (C=O) groups excluding carboxylic acids is 1. The molecule has 1 aliphatic heterocycles. The summed E-state index contributed by atoms with van der Waals surface area (Å²) in [5.74, 6) is -1.87. The normalized spacial score (nSPS) is 24.6. The Labute approximate surface area is 228 Å². The minimum Gasteiger partial charge on any atom is -0.480 e. The Kier molecular flexibility index (Phi) is 8.38. The summed E-state index contributed by atoms with van der Waals surface area (Å²) in [4.78, 5) is 27.7. The topological polar surface area (TPSA) is 221 Å². The number of esters is 1. The number of nitrogen functional groups attached to an aromatic ring is 1. The molecule has 1 aliphatic rings. The summed E-state index contributed by atoms with van der Waals surface area (Å²) in [7, 11) is -4.50. The molecule has 0 bridgehead atoms. The second kappa shape index (κ2) is 11.6. The van der Waals surface area contributed by atoms with Gasteiger partial charge in [0, 0.05) is 6.42 Å². The molecule has 15 nitrogen and oxygen atoms in total. The van der Waals surface area contributed by atoms with E-state index in [2.05, 4.69) is 15.2 Å². The Morgan fingerprint density at radius 1 is 1.32 bits per heavy atom. The van der Waals surface area contributed by atoms with E-state index in [1.165, 1.54) is 36.8 Å². The monoisotopic (exact) mass is 574 g/mol. The first-order valence-corrected chi connectivity index (χ1v) is 13.6. The Morgan fingerprint density at radius 3 is 2.70 bits per heavy atom. The van der Waals surface area contributed by atoms with Crippen LogP contribution >= 0.6 is 7.75 Å². The fraction of sp³-hybridized carbons (Fsp3) is 0.375. The maximum Gasteiger partial charge on any atom is 0.459 e. The van der Waals surface area contributed by atoms with E-state index >= 15 is 0 Å². The number of anilines is 1. The van der Waals surface area contributed by atoms with Gasteiger partial charge in [-0.2, -0.15) is 15.4 Å². The van der Waals surface area contributed by atoms with Crippen LogP contribution in [0.4, 0.5) is 5.82 Å². The van der Waals surface area contributed by atoms with Crippen LogP contribution in [0.1, 0.15) is 32.1 Å². The molecule has 3 heterocycles. The summed E-state index contributed by atoms with van der Waals surface area (Å²) >= 11 is 0. The van der Waals surface area contributed by atoms with Crippen LogP contribution in [-0.2, 0) is 28.2 Å². The number of carbonyl (C=O) groups is 2. The SMILES string of the molecule is CCC(=O)O[C@H]1[C@@H](O)[C@H](c2ccc3c(N)ncnn23)O[C@]1(C#N)CO[P@@](=O)(NC(C)C(=O)O)Oc1ccccc1. The summed E-state index contributed by atoms with van der Waals surface area (Å²) in [5.41, 5.74) is 4.35. The highest BCUT2D eigenvalue weighted by atomic mass is 31.2. The molecule has 212 valence electrons. The number of carboxylic acids is 1. The smallest absolute Gasteiger partial charge is 0.459 e. The lowest BCUT2D eigenvalue weighted by molar-refractivity contribution is -0.160. The van der Waals surface area contributed by atoms with Gasteiger partial charge < -0.3 is 29.9 Å². The van der Waals surface area contributed by atoms with Gasteiger partial charge in [-0.15, -0.1) is 0 Å². The number of fused-ring (bicyclic) bond motifs is 1. The van der Waals surface area contributed by atoms with Crippen molar-refractivity contribution in [3.05, 3.63) is 54.5 Å². The third-order valence-electron chi connectivity index (χ3n) is 6.10. The number of aliphatic carboxylic acids is 1. The summed E-state index contributed by atoms with van der Waals surface area (Å²) in [6.07, 6.45) is -3.39. The number of hydrogen-bond donors (Lipinski definition) is 4. The molecule has 1 saturated heterocycles. The van der Waals surface area contributed by atoms with Crippen LogP contribution in [-0.4, -0.2) is 67.2 Å². The van der Waals surface area contributed by atoms with E-state index in [-0.39, 0.29) is 23.7 Å². The molecule has 0 radical (unpaired) electrons. The zero-order valence-electron chi connectivity index (χ0n) is 21.4. The molecule has 0 spiro atoms. The number of carboxylic acid groups (broad SMARTS) is 1. The van der Waals surface area contributed by atoms with E-state index in [0.29, 0.717) is 5.52 Å². The minimum absolute atomic E-state index is 0.0815. The molecule has 40 heavy (non-hydrogen) atoms. The maximum atomic E-state index is 13.7. The number of nitrogens with one attached hydrogen (secondary N) is 1. The van der Waals surface area contributed by atoms with Crippen molar-refractivity contribution in [1.29, 1.82) is 5.26 Å². The predicted octanol–water partition coefficient (Wildman–Crippen LogP) is 1.59. The number of aromatic nitrogens is 3. The number of benzene rings is 1. The standard InChI is InChI=1S/C24H27N6O9P/c1-3-18(31)37-21-19(32)20(16-9-10-17-22(26)27-13-28-30(16)17)38-24(21,11-25)12-36-40(35,29-14(2)23(33)34)39-15-7-5-4-6-8-15/h4-10,13-14,19-21,32H,3,12H2,1-2H3,(H,29,35)(H,33,34)(H2,26,27,28)/t14?,19-,20-,21-,24+,40-/m0/s1. The number of nitriles is 1. The van der Waals surface area contributed by atoms with Crippen molar-refractivity contribution in [2.45, 2.75) is 50.2 Å². The van der Waals surface area contributed by atoms with Crippen LogP contribution in [0.5, 0.6) is 5.75 Å². The second-order valence-corrected chi connectivity index (χ2v) is 10.6. The average Bonchev–Trinajstić information content (AvgIpc) is 3.48. The molecule has 0 saturated carbocycles. The van der Waals surface area contributed by atoms with Crippen molar-refractivity contribution >= 4 is 31.0 Å². The predicted molar refractivity (Wildman–Crippen MR) is 137 cm³/mol. The number of nitrogens with zero attached hydrogens (tertiary/aromatic N) is 4. The number of nitrogens with two attached hydrogens (primary N) is 1. The van der Waals surface area contributed by atoms with E-state index in [1.807, 2.05) is 6.07 Å². The third-order valence-corrected chi connectivity index (χ3v) is 7.72. The number of aliphatic hydroxyl groups is 1. The molecule has 0 aliphatic carbocycles. The highest BCUT2D eigenvalue weighted by Gasteiger charge is 2.60. The van der Waals surface area contributed by atoms with Crippen molar-refractivity contribution in [3.63, 3.8) is 0 Å². The van der Waals surface area contributed by atoms with Crippen LogP contribution in [0.25, 0.3) is 5.52 Å². The number of para-hydroxylation sites is 1. The van der Waals surface area contributed by atoms with Gasteiger partial charge in [0.05, 0.1) is 5.69 Å². The number of rotatable bonds is 11. The molecular formula is C24H27N6O9P.